The molecule has 1 aliphatic heterocycles. The minimum absolute atomic E-state index is 0.107. The van der Waals surface area contributed by atoms with E-state index in [2.05, 4.69) is 16.0 Å². The first-order valence-electron chi connectivity index (χ1n) is 6.30. The van der Waals surface area contributed by atoms with Crippen LogP contribution in [0.25, 0.3) is 0 Å². The number of hydrogen-bond acceptors (Lipinski definition) is 4. The number of hydrogen-bond donors (Lipinski definition) is 3. The summed E-state index contributed by atoms with van der Waals surface area (Å²) in [7, 11) is 5.37. The highest BCUT2D eigenvalue weighted by atomic mass is 16.2. The quantitative estimate of drug-likeness (QED) is 0.749. The van der Waals surface area contributed by atoms with E-state index in [0.717, 1.165) is 17.1 Å². The maximum absolute atomic E-state index is 11.9. The number of benzene rings is 1. The Labute approximate surface area is 117 Å². The summed E-state index contributed by atoms with van der Waals surface area (Å²) in [6, 6.07) is 5.53. The van der Waals surface area contributed by atoms with Crippen LogP contribution in [0.3, 0.4) is 0 Å². The van der Waals surface area contributed by atoms with Crippen molar-refractivity contribution < 1.29 is 9.59 Å². The fourth-order valence-corrected chi connectivity index (χ4v) is 2.03. The second kappa shape index (κ2) is 5.64. The van der Waals surface area contributed by atoms with Crippen molar-refractivity contribution in [1.82, 2.24) is 10.6 Å². The molecular formula is C14H18N4O2. The minimum Gasteiger partial charge on any atom is -0.377 e. The molecule has 2 rings (SSSR count). The fourth-order valence-electron chi connectivity index (χ4n) is 2.03. The molecule has 6 heteroatoms. The van der Waals surface area contributed by atoms with Crippen molar-refractivity contribution in [3.63, 3.8) is 0 Å². The molecule has 0 spiro atoms. The van der Waals surface area contributed by atoms with E-state index in [1.54, 1.807) is 13.1 Å². The van der Waals surface area contributed by atoms with Gasteiger partial charge in [-0.2, -0.15) is 0 Å². The molecule has 6 nitrogen and oxygen atoms in total. The number of carbonyl (C=O) groups excluding carboxylic acids is 2. The predicted molar refractivity (Wildman–Crippen MR) is 78.9 cm³/mol. The van der Waals surface area contributed by atoms with Gasteiger partial charge in [-0.25, -0.2) is 0 Å². The van der Waals surface area contributed by atoms with Gasteiger partial charge < -0.3 is 20.9 Å². The van der Waals surface area contributed by atoms with Crippen LogP contribution in [0, 0.1) is 0 Å². The van der Waals surface area contributed by atoms with Gasteiger partial charge >= 0.3 is 0 Å². The number of anilines is 2. The minimum atomic E-state index is -0.146. The van der Waals surface area contributed by atoms with Crippen molar-refractivity contribution in [3.8, 4) is 0 Å². The zero-order valence-electron chi connectivity index (χ0n) is 11.8. The van der Waals surface area contributed by atoms with Gasteiger partial charge in [0.1, 0.15) is 0 Å². The van der Waals surface area contributed by atoms with Gasteiger partial charge in [-0.05, 0) is 18.2 Å². The third-order valence-corrected chi connectivity index (χ3v) is 3.01. The van der Waals surface area contributed by atoms with Crippen LogP contribution in [-0.4, -0.2) is 39.5 Å². The zero-order chi connectivity index (χ0) is 14.7. The number of nitrogens with one attached hydrogen (secondary N) is 3. The summed E-state index contributed by atoms with van der Waals surface area (Å²) >= 11 is 0. The molecule has 0 radical (unpaired) electrons. The fraction of sp³-hybridized carbons (Fsp3) is 0.286. The van der Waals surface area contributed by atoms with E-state index in [0.29, 0.717) is 12.1 Å². The van der Waals surface area contributed by atoms with Crippen molar-refractivity contribution in [1.29, 1.82) is 0 Å². The lowest BCUT2D eigenvalue weighted by molar-refractivity contribution is -0.115. The largest absolute Gasteiger partial charge is 0.377 e. The SMILES string of the molecule is CNC(=O)c1cc(NC2=CC(=O)NC2)ccc1N(C)C. The van der Waals surface area contributed by atoms with Gasteiger partial charge in [0.2, 0.25) is 5.91 Å². The third kappa shape index (κ3) is 2.90. The highest BCUT2D eigenvalue weighted by Crippen LogP contribution is 2.24. The second-order valence-corrected chi connectivity index (χ2v) is 4.72. The maximum atomic E-state index is 11.9. The first-order valence-corrected chi connectivity index (χ1v) is 6.30. The van der Waals surface area contributed by atoms with E-state index in [9.17, 15) is 9.59 Å². The van der Waals surface area contributed by atoms with Gasteiger partial charge in [-0.15, -0.1) is 0 Å². The molecule has 0 aromatic heterocycles. The molecule has 0 saturated carbocycles. The summed E-state index contributed by atoms with van der Waals surface area (Å²) in [4.78, 5) is 24.9. The average Bonchev–Trinajstić information content (AvgIpc) is 2.82. The number of amides is 2. The lowest BCUT2D eigenvalue weighted by Crippen LogP contribution is -2.22. The predicted octanol–water partition coefficient (Wildman–Crippen LogP) is 0.538. The molecule has 20 heavy (non-hydrogen) atoms. The maximum Gasteiger partial charge on any atom is 0.253 e. The normalized spacial score (nSPS) is 13.6. The molecular weight excluding hydrogens is 256 g/mol. The highest BCUT2D eigenvalue weighted by Gasteiger charge is 2.14. The third-order valence-electron chi connectivity index (χ3n) is 3.01. The molecule has 3 N–H and O–H groups in total. The zero-order valence-corrected chi connectivity index (χ0v) is 11.8. The number of nitrogens with zero attached hydrogens (tertiary/aromatic N) is 1. The van der Waals surface area contributed by atoms with Crippen molar-refractivity contribution in [2.24, 2.45) is 0 Å². The van der Waals surface area contributed by atoms with Crippen molar-refractivity contribution >= 4 is 23.2 Å². The topological polar surface area (TPSA) is 73.5 Å². The molecule has 1 aliphatic rings. The van der Waals surface area contributed by atoms with Gasteiger partial charge in [0.15, 0.2) is 0 Å². The van der Waals surface area contributed by atoms with Crippen molar-refractivity contribution in [2.45, 2.75) is 0 Å². The van der Waals surface area contributed by atoms with Crippen LogP contribution in [0.1, 0.15) is 10.4 Å². The van der Waals surface area contributed by atoms with E-state index in [4.69, 9.17) is 0 Å². The Morgan fingerprint density at radius 2 is 2.10 bits per heavy atom. The lowest BCUT2D eigenvalue weighted by Gasteiger charge is -2.18. The van der Waals surface area contributed by atoms with Crippen LogP contribution in [-0.2, 0) is 4.79 Å². The highest BCUT2D eigenvalue weighted by molar-refractivity contribution is 6.00. The van der Waals surface area contributed by atoms with E-state index in [-0.39, 0.29) is 11.8 Å². The number of rotatable bonds is 4. The monoisotopic (exact) mass is 274 g/mol. The molecule has 2 amide bonds. The average molecular weight is 274 g/mol. The summed E-state index contributed by atoms with van der Waals surface area (Å²) in [5.74, 6) is -0.254. The standard InChI is InChI=1S/C14H18N4O2/c1-15-14(20)11-6-9(4-5-12(11)18(2)3)17-10-7-13(19)16-8-10/h4-7,17H,8H2,1-3H3,(H,15,20)(H,16,19). The van der Waals surface area contributed by atoms with E-state index in [1.165, 1.54) is 6.08 Å². The van der Waals surface area contributed by atoms with Crippen LogP contribution in [0.5, 0.6) is 0 Å². The Morgan fingerprint density at radius 1 is 1.35 bits per heavy atom. The van der Waals surface area contributed by atoms with Gasteiger partial charge in [0.25, 0.3) is 5.91 Å². The Kier molecular flexibility index (Phi) is 3.93. The summed E-state index contributed by atoms with van der Waals surface area (Å²) in [6.45, 7) is 0.476. The first kappa shape index (κ1) is 13.9. The summed E-state index contributed by atoms with van der Waals surface area (Å²) in [5, 5.41) is 8.45. The van der Waals surface area contributed by atoms with E-state index >= 15 is 0 Å². The number of carbonyl (C=O) groups is 2. The van der Waals surface area contributed by atoms with Crippen LogP contribution in [0.15, 0.2) is 30.0 Å². The summed E-state index contributed by atoms with van der Waals surface area (Å²) < 4.78 is 0. The van der Waals surface area contributed by atoms with E-state index in [1.807, 2.05) is 31.1 Å². The molecule has 0 bridgehead atoms. The van der Waals surface area contributed by atoms with Crippen LogP contribution >= 0.6 is 0 Å². The van der Waals surface area contributed by atoms with Crippen molar-refractivity contribution in [2.75, 3.05) is 37.9 Å². The van der Waals surface area contributed by atoms with Gasteiger partial charge in [0.05, 0.1) is 12.1 Å². The van der Waals surface area contributed by atoms with Gasteiger partial charge in [0, 0.05) is 44.3 Å². The molecule has 1 aromatic rings. The van der Waals surface area contributed by atoms with Crippen LogP contribution in [0.4, 0.5) is 11.4 Å². The van der Waals surface area contributed by atoms with Crippen LogP contribution < -0.4 is 20.9 Å². The molecule has 106 valence electrons. The van der Waals surface area contributed by atoms with Crippen LogP contribution in [0.2, 0.25) is 0 Å². The second-order valence-electron chi connectivity index (χ2n) is 4.72. The molecule has 0 unspecified atom stereocenters. The molecule has 0 fully saturated rings. The molecule has 1 aromatic carbocycles. The first-order chi connectivity index (χ1) is 9.51. The van der Waals surface area contributed by atoms with Gasteiger partial charge in [-0.3, -0.25) is 9.59 Å². The summed E-state index contributed by atoms with van der Waals surface area (Å²) in [6.07, 6.45) is 1.51. The summed E-state index contributed by atoms with van der Waals surface area (Å²) in [5.41, 5.74) is 2.98. The van der Waals surface area contributed by atoms with Gasteiger partial charge in [-0.1, -0.05) is 0 Å². The Morgan fingerprint density at radius 3 is 2.65 bits per heavy atom. The Bertz CT molecular complexity index is 579. The molecule has 0 aliphatic carbocycles. The lowest BCUT2D eigenvalue weighted by atomic mass is 10.1. The molecule has 0 saturated heterocycles. The molecule has 1 heterocycles. The Balaban J connectivity index is 2.29. The smallest absolute Gasteiger partial charge is 0.253 e. The Hall–Kier alpha value is -2.50. The molecule has 0 atom stereocenters. The van der Waals surface area contributed by atoms with Crippen molar-refractivity contribution in [3.05, 3.63) is 35.5 Å². The van der Waals surface area contributed by atoms with E-state index < -0.39 is 0 Å².